The maximum absolute atomic E-state index is 12.5. The second-order valence-electron chi connectivity index (χ2n) is 8.40. The van der Waals surface area contributed by atoms with Crippen LogP contribution in [0.5, 0.6) is 11.5 Å². The van der Waals surface area contributed by atoms with E-state index in [9.17, 15) is 9.59 Å². The number of amides is 2. The second kappa shape index (κ2) is 12.9. The number of carbonyl (C=O) groups is 2. The van der Waals surface area contributed by atoms with Crippen LogP contribution in [-0.4, -0.2) is 49.4 Å². The number of hydrogen-bond acceptors (Lipinski definition) is 5. The van der Waals surface area contributed by atoms with E-state index >= 15 is 0 Å². The number of para-hydroxylation sites is 1. The lowest BCUT2D eigenvalue weighted by Gasteiger charge is -2.10. The Kier molecular flexibility index (Phi) is 9.10. The maximum Gasteiger partial charge on any atom is 0.251 e. The van der Waals surface area contributed by atoms with Crippen molar-refractivity contribution >= 4 is 34.5 Å². The molecule has 0 spiro atoms. The Bertz CT molecular complexity index is 1350. The fraction of sp³-hybridized carbons (Fsp3) is 0.241. The van der Waals surface area contributed by atoms with Crippen LogP contribution in [0.3, 0.4) is 0 Å². The van der Waals surface area contributed by atoms with Gasteiger partial charge in [-0.3, -0.25) is 9.59 Å². The Morgan fingerprint density at radius 1 is 0.865 bits per heavy atom. The lowest BCUT2D eigenvalue weighted by atomic mass is 10.1. The topological polar surface area (TPSA) is 81.6 Å². The minimum Gasteiger partial charge on any atom is -0.493 e. The predicted octanol–water partition coefficient (Wildman–Crippen LogP) is 4.54. The zero-order chi connectivity index (χ0) is 26.0. The lowest BCUT2D eigenvalue weighted by Crippen LogP contribution is -2.27. The summed E-state index contributed by atoms with van der Waals surface area (Å²) in [5.74, 6) is 1.58. The van der Waals surface area contributed by atoms with Crippen molar-refractivity contribution in [3.63, 3.8) is 0 Å². The van der Waals surface area contributed by atoms with Gasteiger partial charge in [-0.1, -0.05) is 42.5 Å². The molecular formula is C29H31N3O4S. The fourth-order valence-electron chi connectivity index (χ4n) is 4.07. The van der Waals surface area contributed by atoms with Crippen molar-refractivity contribution in [2.24, 2.45) is 0 Å². The van der Waals surface area contributed by atoms with Crippen LogP contribution in [0.25, 0.3) is 10.9 Å². The summed E-state index contributed by atoms with van der Waals surface area (Å²) in [6, 6.07) is 23.1. The van der Waals surface area contributed by atoms with Gasteiger partial charge < -0.3 is 24.7 Å². The lowest BCUT2D eigenvalue weighted by molar-refractivity contribution is -0.118. The van der Waals surface area contributed by atoms with Crippen LogP contribution in [0.15, 0.2) is 83.9 Å². The van der Waals surface area contributed by atoms with Crippen molar-refractivity contribution in [2.75, 3.05) is 33.1 Å². The Morgan fingerprint density at radius 2 is 1.62 bits per heavy atom. The normalized spacial score (nSPS) is 10.8. The molecule has 0 bridgehead atoms. The number of carbonyl (C=O) groups excluding carboxylic acids is 2. The first-order valence-electron chi connectivity index (χ1n) is 12.1. The van der Waals surface area contributed by atoms with Gasteiger partial charge in [0.05, 0.1) is 20.0 Å². The number of nitrogens with one attached hydrogen (secondary N) is 2. The molecule has 1 aromatic heterocycles. The van der Waals surface area contributed by atoms with Gasteiger partial charge >= 0.3 is 0 Å². The van der Waals surface area contributed by atoms with Crippen LogP contribution in [0.4, 0.5) is 0 Å². The molecule has 0 saturated heterocycles. The number of hydrogen-bond donors (Lipinski definition) is 2. The van der Waals surface area contributed by atoms with Crippen LogP contribution in [0.2, 0.25) is 0 Å². The molecule has 2 N–H and O–H groups in total. The zero-order valence-corrected chi connectivity index (χ0v) is 21.8. The summed E-state index contributed by atoms with van der Waals surface area (Å²) in [6.45, 7) is 1.68. The van der Waals surface area contributed by atoms with E-state index in [-0.39, 0.29) is 11.8 Å². The molecule has 3 aromatic carbocycles. The molecule has 0 atom stereocenters. The number of ether oxygens (including phenoxy) is 2. The molecule has 37 heavy (non-hydrogen) atoms. The van der Waals surface area contributed by atoms with Crippen LogP contribution in [0, 0.1) is 0 Å². The summed E-state index contributed by atoms with van der Waals surface area (Å²) in [4.78, 5) is 25.9. The van der Waals surface area contributed by atoms with Gasteiger partial charge in [0.15, 0.2) is 11.5 Å². The van der Waals surface area contributed by atoms with Crippen molar-refractivity contribution in [3.8, 4) is 11.5 Å². The molecule has 8 heteroatoms. The van der Waals surface area contributed by atoms with Crippen molar-refractivity contribution < 1.29 is 19.1 Å². The number of thioether (sulfide) groups is 1. The number of nitrogens with zero attached hydrogens (tertiary/aromatic N) is 1. The quantitative estimate of drug-likeness (QED) is 0.270. The van der Waals surface area contributed by atoms with Gasteiger partial charge in [0.25, 0.3) is 5.91 Å². The Labute approximate surface area is 221 Å². The largest absolute Gasteiger partial charge is 0.493 e. The summed E-state index contributed by atoms with van der Waals surface area (Å²) in [5.41, 5.74) is 2.79. The van der Waals surface area contributed by atoms with Gasteiger partial charge in [-0.2, -0.15) is 0 Å². The standard InChI is InChI=1S/C29H31N3O4S/c1-35-25-13-12-21(18-26(25)36-2)14-15-30-28(33)20-37-27-19-32(24-11-7-6-10-23(24)27)17-16-31-29(34)22-8-4-3-5-9-22/h3-13,18-19H,14-17,20H2,1-2H3,(H,30,33)(H,31,34). The zero-order valence-electron chi connectivity index (χ0n) is 21.0. The van der Waals surface area contributed by atoms with E-state index in [1.54, 1.807) is 26.4 Å². The Morgan fingerprint density at radius 3 is 2.41 bits per heavy atom. The number of methoxy groups -OCH3 is 2. The average Bonchev–Trinajstić information content (AvgIpc) is 3.29. The van der Waals surface area contributed by atoms with Gasteiger partial charge in [0.1, 0.15) is 0 Å². The van der Waals surface area contributed by atoms with Crippen LogP contribution < -0.4 is 20.1 Å². The molecule has 192 valence electrons. The summed E-state index contributed by atoms with van der Waals surface area (Å²) >= 11 is 1.52. The fourth-order valence-corrected chi connectivity index (χ4v) is 4.99. The molecule has 0 saturated carbocycles. The van der Waals surface area contributed by atoms with E-state index in [4.69, 9.17) is 9.47 Å². The smallest absolute Gasteiger partial charge is 0.251 e. The highest BCUT2D eigenvalue weighted by Gasteiger charge is 2.12. The molecule has 4 aromatic rings. The first kappa shape index (κ1) is 26.2. The van der Waals surface area contributed by atoms with Gasteiger partial charge in [-0.25, -0.2) is 0 Å². The maximum atomic E-state index is 12.5. The minimum absolute atomic E-state index is 0.0163. The number of aromatic nitrogens is 1. The molecule has 0 radical (unpaired) electrons. The predicted molar refractivity (Wildman–Crippen MR) is 148 cm³/mol. The molecule has 0 aliphatic heterocycles. The highest BCUT2D eigenvalue weighted by Crippen LogP contribution is 2.30. The summed E-state index contributed by atoms with van der Waals surface area (Å²) in [6.07, 6.45) is 2.76. The van der Waals surface area contributed by atoms with E-state index in [1.807, 2.05) is 48.5 Å². The van der Waals surface area contributed by atoms with Crippen LogP contribution >= 0.6 is 11.8 Å². The van der Waals surface area contributed by atoms with Gasteiger partial charge in [-0.15, -0.1) is 11.8 Å². The van der Waals surface area contributed by atoms with Gasteiger partial charge in [0, 0.05) is 47.2 Å². The van der Waals surface area contributed by atoms with Crippen molar-refractivity contribution in [2.45, 2.75) is 17.9 Å². The van der Waals surface area contributed by atoms with Crippen molar-refractivity contribution in [1.29, 1.82) is 0 Å². The molecule has 7 nitrogen and oxygen atoms in total. The van der Waals surface area contributed by atoms with E-state index in [0.29, 0.717) is 48.9 Å². The monoisotopic (exact) mass is 517 g/mol. The molecule has 4 rings (SSSR count). The summed E-state index contributed by atoms with van der Waals surface area (Å²) in [5, 5.41) is 7.07. The number of benzene rings is 3. The second-order valence-corrected chi connectivity index (χ2v) is 9.42. The number of fused-ring (bicyclic) bond motifs is 1. The highest BCUT2D eigenvalue weighted by atomic mass is 32.2. The van der Waals surface area contributed by atoms with Gasteiger partial charge in [-0.05, 0) is 42.3 Å². The molecule has 0 aliphatic carbocycles. The molecule has 0 unspecified atom stereocenters. The first-order valence-corrected chi connectivity index (χ1v) is 13.1. The van der Waals surface area contributed by atoms with Crippen LogP contribution in [0.1, 0.15) is 15.9 Å². The average molecular weight is 518 g/mol. The van der Waals surface area contributed by atoms with E-state index in [1.165, 1.54) is 11.8 Å². The van der Waals surface area contributed by atoms with Gasteiger partial charge in [0.2, 0.25) is 5.91 Å². The third-order valence-corrected chi connectivity index (χ3v) is 7.01. The third-order valence-electron chi connectivity index (χ3n) is 5.97. The molecule has 2 amide bonds. The van der Waals surface area contributed by atoms with E-state index in [2.05, 4.69) is 33.5 Å². The number of rotatable bonds is 12. The molecule has 0 aliphatic rings. The molecule has 1 heterocycles. The first-order chi connectivity index (χ1) is 18.1. The third kappa shape index (κ3) is 6.86. The molecule has 0 fully saturated rings. The minimum atomic E-state index is -0.0867. The van der Waals surface area contributed by atoms with Crippen molar-refractivity contribution in [3.05, 3.63) is 90.1 Å². The Balaban J connectivity index is 1.29. The van der Waals surface area contributed by atoms with E-state index in [0.717, 1.165) is 21.4 Å². The van der Waals surface area contributed by atoms with E-state index < -0.39 is 0 Å². The van der Waals surface area contributed by atoms with Crippen molar-refractivity contribution in [1.82, 2.24) is 15.2 Å². The Hall–Kier alpha value is -3.91. The highest BCUT2D eigenvalue weighted by molar-refractivity contribution is 8.00. The van der Waals surface area contributed by atoms with Crippen LogP contribution in [-0.2, 0) is 17.8 Å². The summed E-state index contributed by atoms with van der Waals surface area (Å²) in [7, 11) is 3.22. The summed E-state index contributed by atoms with van der Waals surface area (Å²) < 4.78 is 12.7. The SMILES string of the molecule is COc1ccc(CCNC(=O)CSc2cn(CCNC(=O)c3ccccc3)c3ccccc23)cc1OC. The molecular weight excluding hydrogens is 486 g/mol.